The van der Waals surface area contributed by atoms with Gasteiger partial charge in [-0.1, -0.05) is 25.1 Å². The molecule has 29 heavy (non-hydrogen) atoms. The monoisotopic (exact) mass is 411 g/mol. The van der Waals surface area contributed by atoms with E-state index in [0.717, 1.165) is 54.0 Å². The van der Waals surface area contributed by atoms with Gasteiger partial charge in [0.05, 0.1) is 18.0 Å². The number of hydrogen-bond acceptors (Lipinski definition) is 5. The third kappa shape index (κ3) is 4.38. The van der Waals surface area contributed by atoms with Crippen LogP contribution >= 0.6 is 11.3 Å². The first-order valence-electron chi connectivity index (χ1n) is 10.5. The molecule has 0 saturated heterocycles. The van der Waals surface area contributed by atoms with Crippen molar-refractivity contribution in [2.45, 2.75) is 45.6 Å². The number of hydrogen-bond donors (Lipinski definition) is 1. The van der Waals surface area contributed by atoms with Crippen molar-refractivity contribution in [3.63, 3.8) is 0 Å². The summed E-state index contributed by atoms with van der Waals surface area (Å²) in [6, 6.07) is 9.92. The van der Waals surface area contributed by atoms with E-state index in [1.54, 1.807) is 11.3 Å². The Hall–Kier alpha value is -2.18. The van der Waals surface area contributed by atoms with E-state index in [9.17, 15) is 4.79 Å². The third-order valence-corrected chi connectivity index (χ3v) is 7.06. The fourth-order valence-corrected chi connectivity index (χ4v) is 5.38. The number of nitrogens with one attached hydrogen (secondary N) is 1. The van der Waals surface area contributed by atoms with E-state index >= 15 is 0 Å². The average Bonchev–Trinajstić information content (AvgIpc) is 3.09. The van der Waals surface area contributed by atoms with E-state index in [0.29, 0.717) is 12.5 Å². The molecule has 0 radical (unpaired) electrons. The van der Waals surface area contributed by atoms with Crippen molar-refractivity contribution in [2.75, 3.05) is 20.2 Å². The lowest BCUT2D eigenvalue weighted by atomic mass is 9.89. The number of aromatic nitrogens is 2. The van der Waals surface area contributed by atoms with E-state index < -0.39 is 0 Å². The number of benzene rings is 1. The number of ether oxygens (including phenoxy) is 1. The van der Waals surface area contributed by atoms with Crippen LogP contribution in [0.1, 0.15) is 49.0 Å². The smallest absolute Gasteiger partial charge is 0.259 e. The van der Waals surface area contributed by atoms with E-state index in [2.05, 4.69) is 30.8 Å². The van der Waals surface area contributed by atoms with Crippen LogP contribution in [0.25, 0.3) is 10.2 Å². The summed E-state index contributed by atoms with van der Waals surface area (Å²) in [6.07, 6.45) is 4.14. The van der Waals surface area contributed by atoms with Crippen LogP contribution in [0.15, 0.2) is 35.1 Å². The highest BCUT2D eigenvalue weighted by atomic mass is 32.1. The maximum Gasteiger partial charge on any atom is 0.259 e. The summed E-state index contributed by atoms with van der Waals surface area (Å²) in [5.41, 5.74) is 1.26. The summed E-state index contributed by atoms with van der Waals surface area (Å²) in [6.45, 7) is 5.92. The van der Waals surface area contributed by atoms with Gasteiger partial charge in [-0.15, -0.1) is 11.3 Å². The molecule has 0 fully saturated rings. The normalized spacial score (nSPS) is 17.4. The fourth-order valence-electron chi connectivity index (χ4n) is 3.99. The summed E-state index contributed by atoms with van der Waals surface area (Å²) in [5, 5.41) is 0.826. The lowest BCUT2D eigenvalue weighted by molar-refractivity contribution is 0.220. The maximum absolute atomic E-state index is 12.8. The second-order valence-electron chi connectivity index (χ2n) is 8.15. The van der Waals surface area contributed by atoms with Crippen LogP contribution in [0.3, 0.4) is 0 Å². The molecular formula is C23H29N3O2S. The fraction of sp³-hybridized carbons (Fsp3) is 0.478. The van der Waals surface area contributed by atoms with Crippen molar-refractivity contribution in [2.24, 2.45) is 5.92 Å². The van der Waals surface area contributed by atoms with Gasteiger partial charge in [-0.05, 0) is 63.3 Å². The first kappa shape index (κ1) is 20.1. The van der Waals surface area contributed by atoms with E-state index in [1.165, 1.54) is 10.4 Å². The summed E-state index contributed by atoms with van der Waals surface area (Å²) < 4.78 is 5.78. The Kier molecular flexibility index (Phi) is 6.01. The molecule has 0 spiro atoms. The van der Waals surface area contributed by atoms with Crippen molar-refractivity contribution < 1.29 is 4.74 Å². The molecule has 4 rings (SSSR count). The van der Waals surface area contributed by atoms with Crippen molar-refractivity contribution >= 4 is 21.6 Å². The Bertz CT molecular complexity index is 1030. The Labute approximate surface area is 175 Å². The minimum Gasteiger partial charge on any atom is -0.494 e. The van der Waals surface area contributed by atoms with Gasteiger partial charge in [-0.2, -0.15) is 0 Å². The molecule has 2 atom stereocenters. The Morgan fingerprint density at radius 3 is 2.93 bits per heavy atom. The predicted molar refractivity (Wildman–Crippen MR) is 119 cm³/mol. The maximum atomic E-state index is 12.8. The van der Waals surface area contributed by atoms with Crippen molar-refractivity contribution in [3.05, 3.63) is 57.0 Å². The van der Waals surface area contributed by atoms with Gasteiger partial charge in [0, 0.05) is 11.4 Å². The predicted octanol–water partition coefficient (Wildman–Crippen LogP) is 4.57. The zero-order valence-corrected chi connectivity index (χ0v) is 18.2. The third-order valence-electron chi connectivity index (χ3n) is 5.91. The number of rotatable bonds is 7. The number of nitrogens with zero attached hydrogens (tertiary/aromatic N) is 2. The topological polar surface area (TPSA) is 58.2 Å². The summed E-state index contributed by atoms with van der Waals surface area (Å²) >= 11 is 1.71. The molecule has 5 nitrogen and oxygen atoms in total. The highest BCUT2D eigenvalue weighted by Gasteiger charge is 2.24. The number of aromatic amines is 1. The van der Waals surface area contributed by atoms with E-state index in [-0.39, 0.29) is 11.6 Å². The largest absolute Gasteiger partial charge is 0.494 e. The molecule has 0 bridgehead atoms. The molecule has 2 unspecified atom stereocenters. The Morgan fingerprint density at radius 1 is 1.34 bits per heavy atom. The lowest BCUT2D eigenvalue weighted by Gasteiger charge is -2.23. The summed E-state index contributed by atoms with van der Waals surface area (Å²) in [5.74, 6) is 2.34. The van der Waals surface area contributed by atoms with Crippen molar-refractivity contribution in [3.8, 4) is 5.75 Å². The summed E-state index contributed by atoms with van der Waals surface area (Å²) in [7, 11) is 2.07. The molecule has 1 aromatic carbocycles. The standard InChI is InChI=1S/C23H29N3O2S/c1-15-10-11-18-19(14-15)29-23-20(18)22(27)24-21(25-23)16(2)26(3)12-7-13-28-17-8-5-4-6-9-17/h4-6,8-9,15-16H,7,10-14H2,1-3H3,(H,24,25,27). The SMILES string of the molecule is CC1CCc2c(sc3nc(C(C)N(C)CCCOc4ccccc4)[nH]c(=O)c23)C1. The molecule has 1 N–H and O–H groups in total. The molecule has 1 aliphatic carbocycles. The first-order valence-corrected chi connectivity index (χ1v) is 11.3. The van der Waals surface area contributed by atoms with E-state index in [4.69, 9.17) is 9.72 Å². The van der Waals surface area contributed by atoms with Crippen molar-refractivity contribution in [1.82, 2.24) is 14.9 Å². The molecule has 0 saturated carbocycles. The Morgan fingerprint density at radius 2 is 2.14 bits per heavy atom. The molecule has 1 aliphatic rings. The Balaban J connectivity index is 1.42. The lowest BCUT2D eigenvalue weighted by Crippen LogP contribution is -2.28. The van der Waals surface area contributed by atoms with Crippen LogP contribution in [0.2, 0.25) is 0 Å². The van der Waals surface area contributed by atoms with Crippen LogP contribution in [0.5, 0.6) is 5.75 Å². The molecule has 2 heterocycles. The molecular weight excluding hydrogens is 382 g/mol. The minimum atomic E-state index is 0.0183. The molecule has 0 amide bonds. The van der Waals surface area contributed by atoms with Crippen LogP contribution < -0.4 is 10.3 Å². The number of para-hydroxylation sites is 1. The van der Waals surface area contributed by atoms with Gasteiger partial charge < -0.3 is 9.72 Å². The molecule has 0 aliphatic heterocycles. The zero-order valence-electron chi connectivity index (χ0n) is 17.4. The van der Waals surface area contributed by atoms with Gasteiger partial charge in [0.15, 0.2) is 0 Å². The number of aryl methyl sites for hydroxylation is 1. The minimum absolute atomic E-state index is 0.0183. The van der Waals surface area contributed by atoms with Gasteiger partial charge in [0.2, 0.25) is 0 Å². The van der Waals surface area contributed by atoms with Gasteiger partial charge in [-0.25, -0.2) is 4.98 Å². The second kappa shape index (κ2) is 8.67. The number of H-pyrrole nitrogens is 1. The highest BCUT2D eigenvalue weighted by Crippen LogP contribution is 2.36. The van der Waals surface area contributed by atoms with Gasteiger partial charge in [0.1, 0.15) is 16.4 Å². The number of thiophene rings is 1. The van der Waals surface area contributed by atoms with Crippen LogP contribution in [0, 0.1) is 5.92 Å². The van der Waals surface area contributed by atoms with Crippen LogP contribution in [0.4, 0.5) is 0 Å². The summed E-state index contributed by atoms with van der Waals surface area (Å²) in [4.78, 5) is 25.2. The zero-order chi connectivity index (χ0) is 20.4. The molecule has 6 heteroatoms. The quantitative estimate of drug-likeness (QED) is 0.579. The van der Waals surface area contributed by atoms with Gasteiger partial charge in [-0.3, -0.25) is 9.69 Å². The highest BCUT2D eigenvalue weighted by molar-refractivity contribution is 7.18. The van der Waals surface area contributed by atoms with Crippen molar-refractivity contribution in [1.29, 1.82) is 0 Å². The average molecular weight is 412 g/mol. The molecule has 3 aromatic rings. The van der Waals surface area contributed by atoms with Crippen LogP contribution in [-0.2, 0) is 12.8 Å². The van der Waals surface area contributed by atoms with Gasteiger partial charge >= 0.3 is 0 Å². The molecule has 154 valence electrons. The second-order valence-corrected chi connectivity index (χ2v) is 9.24. The first-order chi connectivity index (χ1) is 14.0. The van der Waals surface area contributed by atoms with Crippen LogP contribution in [-0.4, -0.2) is 35.1 Å². The number of fused-ring (bicyclic) bond motifs is 3. The van der Waals surface area contributed by atoms with E-state index in [1.807, 2.05) is 30.3 Å². The van der Waals surface area contributed by atoms with Gasteiger partial charge in [0.25, 0.3) is 5.56 Å². The molecule has 2 aromatic heterocycles.